The van der Waals surface area contributed by atoms with Crippen LogP contribution >= 0.6 is 0 Å². The molecule has 0 saturated carbocycles. The van der Waals surface area contributed by atoms with Gasteiger partial charge in [0.1, 0.15) is 5.75 Å². The maximum Gasteiger partial charge on any atom is 0.220 e. The van der Waals surface area contributed by atoms with Crippen LogP contribution in [0.25, 0.3) is 10.8 Å². The molecule has 5 heteroatoms. The number of benzene rings is 3. The zero-order chi connectivity index (χ0) is 20.6. The van der Waals surface area contributed by atoms with Gasteiger partial charge in [0.2, 0.25) is 5.91 Å². The molecule has 3 aromatic carbocycles. The SMILES string of the molecule is COc1ccc(C(=O)CCCC(=O)NC(CN)c2ccc3ccccc3c2)cc1. The summed E-state index contributed by atoms with van der Waals surface area (Å²) in [6.45, 7) is 0.314. The van der Waals surface area contributed by atoms with Gasteiger partial charge in [-0.05, 0) is 53.1 Å². The van der Waals surface area contributed by atoms with Crippen LogP contribution in [0.1, 0.15) is 41.2 Å². The molecule has 0 fully saturated rings. The Morgan fingerprint density at radius 3 is 2.38 bits per heavy atom. The van der Waals surface area contributed by atoms with Crippen molar-refractivity contribution >= 4 is 22.5 Å². The fraction of sp³-hybridized carbons (Fsp3) is 0.250. The van der Waals surface area contributed by atoms with Gasteiger partial charge in [0.25, 0.3) is 0 Å². The van der Waals surface area contributed by atoms with Gasteiger partial charge in [0.15, 0.2) is 5.78 Å². The number of carbonyl (C=O) groups excluding carboxylic acids is 2. The first kappa shape index (κ1) is 20.6. The van der Waals surface area contributed by atoms with Crippen molar-refractivity contribution in [1.82, 2.24) is 5.32 Å². The molecule has 3 N–H and O–H groups in total. The highest BCUT2D eigenvalue weighted by atomic mass is 16.5. The lowest BCUT2D eigenvalue weighted by Gasteiger charge is -2.18. The highest BCUT2D eigenvalue weighted by Crippen LogP contribution is 2.20. The van der Waals surface area contributed by atoms with Crippen molar-refractivity contribution in [2.75, 3.05) is 13.7 Å². The molecule has 1 atom stereocenters. The number of ether oxygens (including phenoxy) is 1. The molecule has 0 heterocycles. The summed E-state index contributed by atoms with van der Waals surface area (Å²) in [7, 11) is 1.59. The first-order valence-electron chi connectivity index (χ1n) is 9.76. The summed E-state index contributed by atoms with van der Waals surface area (Å²) in [4.78, 5) is 24.6. The summed E-state index contributed by atoms with van der Waals surface area (Å²) in [6.07, 6.45) is 1.10. The van der Waals surface area contributed by atoms with Crippen LogP contribution in [0.4, 0.5) is 0 Å². The Bertz CT molecular complexity index is 983. The number of nitrogens with one attached hydrogen (secondary N) is 1. The number of hydrogen-bond acceptors (Lipinski definition) is 4. The Kier molecular flexibility index (Phi) is 6.98. The first-order valence-corrected chi connectivity index (χ1v) is 9.76. The molecular weight excluding hydrogens is 364 g/mol. The van der Waals surface area contributed by atoms with Crippen LogP contribution in [-0.4, -0.2) is 25.3 Å². The van der Waals surface area contributed by atoms with Crippen molar-refractivity contribution in [2.24, 2.45) is 5.73 Å². The molecule has 0 aromatic heterocycles. The highest BCUT2D eigenvalue weighted by molar-refractivity contribution is 5.96. The number of rotatable bonds is 9. The van der Waals surface area contributed by atoms with Crippen LogP contribution in [0.15, 0.2) is 66.7 Å². The Balaban J connectivity index is 1.52. The number of hydrogen-bond donors (Lipinski definition) is 2. The normalized spacial score (nSPS) is 11.8. The van der Waals surface area contributed by atoms with Gasteiger partial charge in [-0.1, -0.05) is 36.4 Å². The molecule has 0 bridgehead atoms. The number of methoxy groups -OCH3 is 1. The van der Waals surface area contributed by atoms with Crippen LogP contribution in [0.3, 0.4) is 0 Å². The van der Waals surface area contributed by atoms with E-state index in [0.29, 0.717) is 30.7 Å². The molecule has 0 saturated heterocycles. The van der Waals surface area contributed by atoms with Gasteiger partial charge in [-0.3, -0.25) is 9.59 Å². The molecule has 3 aromatic rings. The number of nitrogens with two attached hydrogens (primary N) is 1. The van der Waals surface area contributed by atoms with Crippen molar-refractivity contribution in [2.45, 2.75) is 25.3 Å². The molecule has 3 rings (SSSR count). The van der Waals surface area contributed by atoms with Gasteiger partial charge in [-0.2, -0.15) is 0 Å². The summed E-state index contributed by atoms with van der Waals surface area (Å²) in [5, 5.41) is 5.25. The quantitative estimate of drug-likeness (QED) is 0.541. The van der Waals surface area contributed by atoms with Crippen LogP contribution in [-0.2, 0) is 4.79 Å². The second kappa shape index (κ2) is 9.85. The zero-order valence-electron chi connectivity index (χ0n) is 16.6. The molecular formula is C24H26N2O3. The number of fused-ring (bicyclic) bond motifs is 1. The van der Waals surface area contributed by atoms with E-state index in [-0.39, 0.29) is 24.2 Å². The van der Waals surface area contributed by atoms with Crippen molar-refractivity contribution in [1.29, 1.82) is 0 Å². The molecule has 0 spiro atoms. The first-order chi connectivity index (χ1) is 14.1. The van der Waals surface area contributed by atoms with Crippen molar-refractivity contribution in [3.05, 3.63) is 77.9 Å². The van der Waals surface area contributed by atoms with E-state index in [1.807, 2.05) is 30.3 Å². The van der Waals surface area contributed by atoms with Crippen LogP contribution in [0.5, 0.6) is 5.75 Å². The average molecular weight is 390 g/mol. The predicted octanol–water partition coefficient (Wildman–Crippen LogP) is 4.02. The van der Waals surface area contributed by atoms with Crippen LogP contribution in [0.2, 0.25) is 0 Å². The number of Topliss-reactive ketones (excluding diaryl/α,β-unsaturated/α-hetero) is 1. The Labute approximate surface area is 170 Å². The van der Waals surface area contributed by atoms with Gasteiger partial charge in [0.05, 0.1) is 13.2 Å². The Morgan fingerprint density at radius 1 is 0.966 bits per heavy atom. The lowest BCUT2D eigenvalue weighted by atomic mass is 10.0. The van der Waals surface area contributed by atoms with E-state index in [0.717, 1.165) is 16.3 Å². The van der Waals surface area contributed by atoms with E-state index < -0.39 is 0 Å². The molecule has 1 unspecified atom stereocenters. The molecule has 0 aliphatic heterocycles. The van der Waals surface area contributed by atoms with Crippen molar-refractivity contribution < 1.29 is 14.3 Å². The smallest absolute Gasteiger partial charge is 0.220 e. The van der Waals surface area contributed by atoms with Gasteiger partial charge >= 0.3 is 0 Å². The van der Waals surface area contributed by atoms with Gasteiger partial charge in [-0.15, -0.1) is 0 Å². The average Bonchev–Trinajstić information content (AvgIpc) is 2.77. The minimum absolute atomic E-state index is 0.0188. The lowest BCUT2D eigenvalue weighted by molar-refractivity contribution is -0.121. The van der Waals surface area contributed by atoms with E-state index in [2.05, 4.69) is 17.4 Å². The maximum atomic E-state index is 12.4. The van der Waals surface area contributed by atoms with E-state index in [9.17, 15) is 9.59 Å². The Hall–Kier alpha value is -3.18. The summed E-state index contributed by atoms with van der Waals surface area (Å²) >= 11 is 0. The second-order valence-electron chi connectivity index (χ2n) is 6.97. The minimum atomic E-state index is -0.246. The highest BCUT2D eigenvalue weighted by Gasteiger charge is 2.14. The van der Waals surface area contributed by atoms with Crippen molar-refractivity contribution in [3.8, 4) is 5.75 Å². The van der Waals surface area contributed by atoms with Crippen molar-refractivity contribution in [3.63, 3.8) is 0 Å². The van der Waals surface area contributed by atoms with E-state index in [1.54, 1.807) is 31.4 Å². The molecule has 0 aliphatic rings. The lowest BCUT2D eigenvalue weighted by Crippen LogP contribution is -2.33. The monoisotopic (exact) mass is 390 g/mol. The number of carbonyl (C=O) groups is 2. The van der Waals surface area contributed by atoms with Gasteiger partial charge in [-0.25, -0.2) is 0 Å². The van der Waals surface area contributed by atoms with Gasteiger partial charge < -0.3 is 15.8 Å². The number of ketones is 1. The standard InChI is InChI=1S/C24H26N2O3/c1-29-21-13-11-18(12-14-21)23(27)7-4-8-24(28)26-22(16-25)20-10-9-17-5-2-3-6-19(17)15-20/h2-3,5-6,9-15,22H,4,7-8,16,25H2,1H3,(H,26,28). The third-order valence-electron chi connectivity index (χ3n) is 4.97. The Morgan fingerprint density at radius 2 is 1.69 bits per heavy atom. The van der Waals surface area contributed by atoms with Gasteiger partial charge in [0, 0.05) is 24.9 Å². The molecule has 1 amide bonds. The minimum Gasteiger partial charge on any atom is -0.497 e. The summed E-state index contributed by atoms with van der Waals surface area (Å²) < 4.78 is 5.09. The van der Waals surface area contributed by atoms with E-state index in [4.69, 9.17) is 10.5 Å². The maximum absolute atomic E-state index is 12.4. The molecule has 0 radical (unpaired) electrons. The summed E-state index contributed by atoms with van der Waals surface area (Å²) in [6, 6.07) is 20.9. The van der Waals surface area contributed by atoms with E-state index in [1.165, 1.54) is 0 Å². The third-order valence-corrected chi connectivity index (χ3v) is 4.97. The molecule has 0 aliphatic carbocycles. The predicted molar refractivity (Wildman–Crippen MR) is 115 cm³/mol. The summed E-state index contributed by atoms with van der Waals surface area (Å²) in [5.41, 5.74) is 7.50. The molecule has 29 heavy (non-hydrogen) atoms. The fourth-order valence-electron chi connectivity index (χ4n) is 3.30. The third kappa shape index (κ3) is 5.42. The fourth-order valence-corrected chi connectivity index (χ4v) is 3.30. The number of amides is 1. The molecule has 5 nitrogen and oxygen atoms in total. The molecule has 150 valence electrons. The van der Waals surface area contributed by atoms with Crippen LogP contribution < -0.4 is 15.8 Å². The largest absolute Gasteiger partial charge is 0.497 e. The summed E-state index contributed by atoms with van der Waals surface area (Å²) in [5.74, 6) is 0.629. The topological polar surface area (TPSA) is 81.4 Å². The zero-order valence-corrected chi connectivity index (χ0v) is 16.6. The van der Waals surface area contributed by atoms with E-state index >= 15 is 0 Å². The van der Waals surface area contributed by atoms with Crippen LogP contribution in [0, 0.1) is 0 Å². The second-order valence-corrected chi connectivity index (χ2v) is 6.97.